The van der Waals surface area contributed by atoms with Gasteiger partial charge in [-0.15, -0.1) is 0 Å². The highest BCUT2D eigenvalue weighted by molar-refractivity contribution is 5.83. The monoisotopic (exact) mass is 381 g/mol. The third-order valence-corrected chi connectivity index (χ3v) is 5.83. The number of nitrogens with zero attached hydrogens (tertiary/aromatic N) is 3. The molecule has 0 aliphatic carbocycles. The van der Waals surface area contributed by atoms with Gasteiger partial charge in [-0.25, -0.2) is 9.97 Å². The molecule has 0 saturated heterocycles. The van der Waals surface area contributed by atoms with Crippen molar-refractivity contribution >= 4 is 10.8 Å². The molecule has 4 heteroatoms. The van der Waals surface area contributed by atoms with E-state index < -0.39 is 0 Å². The molecule has 3 aromatic carbocycles. The second-order valence-corrected chi connectivity index (χ2v) is 7.66. The first-order chi connectivity index (χ1) is 14.2. The number of benzene rings is 3. The van der Waals surface area contributed by atoms with Gasteiger partial charge in [0.15, 0.2) is 0 Å². The molecular weight excluding hydrogens is 358 g/mol. The first kappa shape index (κ1) is 17.8. The smallest absolute Gasteiger partial charge is 0.133 e. The van der Waals surface area contributed by atoms with E-state index >= 15 is 0 Å². The summed E-state index contributed by atoms with van der Waals surface area (Å²) < 4.78 is 5.91. The molecule has 144 valence electrons. The van der Waals surface area contributed by atoms with Gasteiger partial charge in [0.2, 0.25) is 0 Å². The van der Waals surface area contributed by atoms with Gasteiger partial charge in [-0.05, 0) is 41.1 Å². The number of aromatic nitrogens is 2. The molecule has 4 aromatic rings. The van der Waals surface area contributed by atoms with Gasteiger partial charge in [-0.2, -0.15) is 0 Å². The Morgan fingerprint density at radius 2 is 1.86 bits per heavy atom. The molecular formula is C25H23N3O. The third-order valence-electron chi connectivity index (χ3n) is 5.83. The molecule has 4 nitrogen and oxygen atoms in total. The van der Waals surface area contributed by atoms with Crippen LogP contribution in [0.15, 0.2) is 73.2 Å². The molecule has 1 unspecified atom stereocenters. The maximum atomic E-state index is 5.91. The summed E-state index contributed by atoms with van der Waals surface area (Å²) in [6.45, 7) is 1.85. The minimum atomic E-state index is 0.307. The molecule has 0 radical (unpaired) electrons. The summed E-state index contributed by atoms with van der Waals surface area (Å²) in [5.41, 5.74) is 5.83. The van der Waals surface area contributed by atoms with Gasteiger partial charge in [0.05, 0.1) is 12.8 Å². The lowest BCUT2D eigenvalue weighted by molar-refractivity contribution is 0.286. The van der Waals surface area contributed by atoms with Crippen LogP contribution in [0.3, 0.4) is 0 Å². The van der Waals surface area contributed by atoms with Crippen molar-refractivity contribution in [2.45, 2.75) is 12.5 Å². The maximum Gasteiger partial charge on any atom is 0.133 e. The fraction of sp³-hybridized carbons (Fsp3) is 0.200. The first-order valence-corrected chi connectivity index (χ1v) is 9.88. The van der Waals surface area contributed by atoms with Crippen molar-refractivity contribution in [3.63, 3.8) is 0 Å². The summed E-state index contributed by atoms with van der Waals surface area (Å²) in [6.07, 6.45) is 3.35. The SMILES string of the molecule is COc1c(-c2ccncn2)ccc2c1CN(C)CC2c1ccc2ccccc2c1. The van der Waals surface area contributed by atoms with Gasteiger partial charge in [0.1, 0.15) is 12.1 Å². The molecule has 5 rings (SSSR count). The van der Waals surface area contributed by atoms with Gasteiger partial charge in [0.25, 0.3) is 0 Å². The van der Waals surface area contributed by atoms with E-state index in [-0.39, 0.29) is 0 Å². The Morgan fingerprint density at radius 1 is 1.00 bits per heavy atom. The summed E-state index contributed by atoms with van der Waals surface area (Å²) in [5.74, 6) is 1.22. The van der Waals surface area contributed by atoms with Crippen molar-refractivity contribution in [3.8, 4) is 17.0 Å². The molecule has 0 saturated carbocycles. The van der Waals surface area contributed by atoms with E-state index in [0.29, 0.717) is 5.92 Å². The topological polar surface area (TPSA) is 38.3 Å². The molecule has 1 atom stereocenters. The zero-order valence-corrected chi connectivity index (χ0v) is 16.7. The van der Waals surface area contributed by atoms with Crippen LogP contribution in [0, 0.1) is 0 Å². The summed E-state index contributed by atoms with van der Waals surface area (Å²) in [7, 11) is 3.92. The Balaban J connectivity index is 1.66. The number of rotatable bonds is 3. The number of methoxy groups -OCH3 is 1. The van der Waals surface area contributed by atoms with Crippen LogP contribution in [0.2, 0.25) is 0 Å². The fourth-order valence-corrected chi connectivity index (χ4v) is 4.47. The fourth-order valence-electron chi connectivity index (χ4n) is 4.47. The van der Waals surface area contributed by atoms with Crippen LogP contribution in [0.4, 0.5) is 0 Å². The van der Waals surface area contributed by atoms with E-state index in [9.17, 15) is 0 Å². The molecule has 0 spiro atoms. The van der Waals surface area contributed by atoms with Crippen LogP contribution in [-0.2, 0) is 6.54 Å². The highest BCUT2D eigenvalue weighted by Gasteiger charge is 2.29. The summed E-state index contributed by atoms with van der Waals surface area (Å²) in [6, 6.07) is 21.7. The zero-order valence-electron chi connectivity index (χ0n) is 16.7. The van der Waals surface area contributed by atoms with Crippen molar-refractivity contribution < 1.29 is 4.74 Å². The lowest BCUT2D eigenvalue weighted by Gasteiger charge is -2.34. The standard InChI is InChI=1S/C25H23N3O/c1-28-14-22(19-8-7-17-5-3-4-6-18(17)13-19)20-9-10-21(24-11-12-26-16-27-24)25(29-2)23(20)15-28/h3-13,16,22H,14-15H2,1-2H3. The average molecular weight is 381 g/mol. The van der Waals surface area contributed by atoms with Crippen molar-refractivity contribution in [2.24, 2.45) is 0 Å². The van der Waals surface area contributed by atoms with E-state index in [1.165, 1.54) is 27.5 Å². The third kappa shape index (κ3) is 3.15. The lowest BCUT2D eigenvalue weighted by atomic mass is 9.82. The number of hydrogen-bond acceptors (Lipinski definition) is 4. The predicted molar refractivity (Wildman–Crippen MR) is 116 cm³/mol. The highest BCUT2D eigenvalue weighted by Crippen LogP contribution is 2.42. The van der Waals surface area contributed by atoms with Crippen molar-refractivity contribution in [2.75, 3.05) is 20.7 Å². The minimum absolute atomic E-state index is 0.307. The van der Waals surface area contributed by atoms with Crippen LogP contribution < -0.4 is 4.74 Å². The molecule has 1 aliphatic rings. The molecule has 0 bridgehead atoms. The van der Waals surface area contributed by atoms with Crippen LogP contribution >= 0.6 is 0 Å². The largest absolute Gasteiger partial charge is 0.496 e. The summed E-state index contributed by atoms with van der Waals surface area (Å²) in [5, 5.41) is 2.56. The lowest BCUT2D eigenvalue weighted by Crippen LogP contribution is -2.31. The van der Waals surface area contributed by atoms with Gasteiger partial charge in [-0.3, -0.25) is 0 Å². The predicted octanol–water partition coefficient (Wildman–Crippen LogP) is 4.88. The van der Waals surface area contributed by atoms with E-state index in [0.717, 1.165) is 30.1 Å². The van der Waals surface area contributed by atoms with Crippen LogP contribution in [0.1, 0.15) is 22.6 Å². The molecule has 0 N–H and O–H groups in total. The number of fused-ring (bicyclic) bond motifs is 2. The second kappa shape index (κ2) is 7.30. The molecule has 29 heavy (non-hydrogen) atoms. The zero-order chi connectivity index (χ0) is 19.8. The Hall–Kier alpha value is -3.24. The normalized spacial score (nSPS) is 16.6. The molecule has 0 fully saturated rings. The summed E-state index contributed by atoms with van der Waals surface area (Å²) >= 11 is 0. The molecule has 0 amide bonds. The minimum Gasteiger partial charge on any atom is -0.496 e. The number of hydrogen-bond donors (Lipinski definition) is 0. The molecule has 1 aliphatic heterocycles. The van der Waals surface area contributed by atoms with Crippen LogP contribution in [-0.4, -0.2) is 35.6 Å². The van der Waals surface area contributed by atoms with Gasteiger partial charge in [0, 0.05) is 36.3 Å². The first-order valence-electron chi connectivity index (χ1n) is 9.88. The van der Waals surface area contributed by atoms with Gasteiger partial charge in [-0.1, -0.05) is 48.5 Å². The number of likely N-dealkylation sites (N-methyl/N-ethyl adjacent to an activating group) is 1. The Kier molecular flexibility index (Phi) is 4.49. The number of ether oxygens (including phenoxy) is 1. The van der Waals surface area contributed by atoms with Gasteiger partial charge >= 0.3 is 0 Å². The summed E-state index contributed by atoms with van der Waals surface area (Å²) in [4.78, 5) is 10.8. The molecule has 1 aromatic heterocycles. The van der Waals surface area contributed by atoms with E-state index in [2.05, 4.69) is 76.5 Å². The van der Waals surface area contributed by atoms with Gasteiger partial charge < -0.3 is 9.64 Å². The Morgan fingerprint density at radius 3 is 2.66 bits per heavy atom. The second-order valence-electron chi connectivity index (χ2n) is 7.66. The Labute approximate surface area is 170 Å². The van der Waals surface area contributed by atoms with Crippen molar-refractivity contribution in [3.05, 3.63) is 89.9 Å². The van der Waals surface area contributed by atoms with E-state index in [1.807, 2.05) is 6.07 Å². The Bertz CT molecular complexity index is 1170. The van der Waals surface area contributed by atoms with Crippen LogP contribution in [0.25, 0.3) is 22.0 Å². The molecule has 2 heterocycles. The average Bonchev–Trinajstić information content (AvgIpc) is 2.78. The van der Waals surface area contributed by atoms with E-state index in [1.54, 1.807) is 19.6 Å². The van der Waals surface area contributed by atoms with Crippen LogP contribution in [0.5, 0.6) is 5.75 Å². The maximum absolute atomic E-state index is 5.91. The van der Waals surface area contributed by atoms with Crippen molar-refractivity contribution in [1.82, 2.24) is 14.9 Å². The quantitative estimate of drug-likeness (QED) is 0.507. The van der Waals surface area contributed by atoms with E-state index in [4.69, 9.17) is 4.74 Å². The highest BCUT2D eigenvalue weighted by atomic mass is 16.5. The van der Waals surface area contributed by atoms with Crippen molar-refractivity contribution in [1.29, 1.82) is 0 Å².